The van der Waals surface area contributed by atoms with Crippen LogP contribution < -0.4 is 0 Å². The second-order valence-electron chi connectivity index (χ2n) is 6.63. The summed E-state index contributed by atoms with van der Waals surface area (Å²) in [6.07, 6.45) is 1.67. The SMILES string of the molecule is O=C([C@@H]1COCC[C@@H]1c1ccccc1)N1CC(Cc2nn[nH]n2)C1. The summed E-state index contributed by atoms with van der Waals surface area (Å²) >= 11 is 0. The zero-order valence-corrected chi connectivity index (χ0v) is 13.5. The van der Waals surface area contributed by atoms with Crippen LogP contribution in [0.15, 0.2) is 30.3 Å². The topological polar surface area (TPSA) is 84.0 Å². The quantitative estimate of drug-likeness (QED) is 0.906. The van der Waals surface area contributed by atoms with Gasteiger partial charge in [-0.25, -0.2) is 0 Å². The summed E-state index contributed by atoms with van der Waals surface area (Å²) in [5, 5.41) is 14.0. The van der Waals surface area contributed by atoms with Gasteiger partial charge in [-0.2, -0.15) is 5.21 Å². The summed E-state index contributed by atoms with van der Waals surface area (Å²) < 4.78 is 5.61. The van der Waals surface area contributed by atoms with Crippen molar-refractivity contribution in [2.75, 3.05) is 26.3 Å². The molecule has 1 N–H and O–H groups in total. The maximum atomic E-state index is 12.9. The number of rotatable bonds is 4. The molecule has 0 saturated carbocycles. The Kier molecular flexibility index (Phi) is 4.25. The number of hydrogen-bond donors (Lipinski definition) is 1. The number of ether oxygens (including phenoxy) is 1. The molecular formula is C17H21N5O2. The number of H-pyrrole nitrogens is 1. The highest BCUT2D eigenvalue weighted by atomic mass is 16.5. The first-order chi connectivity index (χ1) is 11.8. The lowest BCUT2D eigenvalue weighted by Gasteiger charge is -2.43. The molecule has 126 valence electrons. The molecule has 0 aliphatic carbocycles. The van der Waals surface area contributed by atoms with Crippen molar-refractivity contribution in [3.8, 4) is 0 Å². The van der Waals surface area contributed by atoms with Gasteiger partial charge in [0.1, 0.15) is 0 Å². The Morgan fingerprint density at radius 2 is 2.12 bits per heavy atom. The summed E-state index contributed by atoms with van der Waals surface area (Å²) in [5.41, 5.74) is 1.24. The molecule has 2 atom stereocenters. The maximum absolute atomic E-state index is 12.9. The van der Waals surface area contributed by atoms with E-state index in [-0.39, 0.29) is 17.7 Å². The number of aromatic amines is 1. The van der Waals surface area contributed by atoms with Gasteiger partial charge in [0, 0.05) is 32.0 Å². The lowest BCUT2D eigenvalue weighted by Crippen LogP contribution is -2.54. The minimum atomic E-state index is -0.0766. The third-order valence-corrected chi connectivity index (χ3v) is 5.03. The van der Waals surface area contributed by atoms with Crippen LogP contribution in [-0.4, -0.2) is 57.7 Å². The summed E-state index contributed by atoms with van der Waals surface area (Å²) in [6, 6.07) is 10.3. The second-order valence-corrected chi connectivity index (χ2v) is 6.63. The molecule has 7 heteroatoms. The molecule has 1 aromatic heterocycles. The number of nitrogens with one attached hydrogen (secondary N) is 1. The third kappa shape index (κ3) is 3.03. The van der Waals surface area contributed by atoms with Crippen LogP contribution in [0.4, 0.5) is 0 Å². The molecule has 2 aliphatic rings. The predicted octanol–water partition coefficient (Wildman–Crippen LogP) is 1.02. The Morgan fingerprint density at radius 1 is 1.29 bits per heavy atom. The van der Waals surface area contributed by atoms with E-state index in [1.54, 1.807) is 0 Å². The lowest BCUT2D eigenvalue weighted by atomic mass is 9.81. The van der Waals surface area contributed by atoms with Gasteiger partial charge < -0.3 is 9.64 Å². The van der Waals surface area contributed by atoms with Gasteiger partial charge in [0.2, 0.25) is 5.91 Å². The molecular weight excluding hydrogens is 306 g/mol. The molecule has 1 amide bonds. The van der Waals surface area contributed by atoms with Gasteiger partial charge in [-0.05, 0) is 17.9 Å². The highest BCUT2D eigenvalue weighted by molar-refractivity contribution is 5.81. The molecule has 2 aliphatic heterocycles. The van der Waals surface area contributed by atoms with Crippen molar-refractivity contribution in [1.29, 1.82) is 0 Å². The second kappa shape index (κ2) is 6.68. The van der Waals surface area contributed by atoms with Crippen LogP contribution in [0.2, 0.25) is 0 Å². The smallest absolute Gasteiger partial charge is 0.228 e. The normalized spacial score (nSPS) is 24.6. The number of amides is 1. The largest absolute Gasteiger partial charge is 0.381 e. The van der Waals surface area contributed by atoms with Crippen molar-refractivity contribution < 1.29 is 9.53 Å². The van der Waals surface area contributed by atoms with Gasteiger partial charge in [0.05, 0.1) is 12.5 Å². The van der Waals surface area contributed by atoms with Crippen LogP contribution in [0.1, 0.15) is 23.7 Å². The van der Waals surface area contributed by atoms with Crippen LogP contribution in [-0.2, 0) is 16.0 Å². The van der Waals surface area contributed by atoms with Gasteiger partial charge >= 0.3 is 0 Å². The highest BCUT2D eigenvalue weighted by Crippen LogP contribution is 2.34. The van der Waals surface area contributed by atoms with E-state index in [2.05, 4.69) is 32.8 Å². The Bertz CT molecular complexity index is 670. The Labute approximate surface area is 140 Å². The molecule has 0 radical (unpaired) electrons. The first kappa shape index (κ1) is 15.3. The van der Waals surface area contributed by atoms with Gasteiger partial charge in [-0.3, -0.25) is 4.79 Å². The summed E-state index contributed by atoms with van der Waals surface area (Å²) in [6.45, 7) is 2.78. The van der Waals surface area contributed by atoms with E-state index in [4.69, 9.17) is 4.74 Å². The maximum Gasteiger partial charge on any atom is 0.228 e. The van der Waals surface area contributed by atoms with Crippen molar-refractivity contribution in [3.63, 3.8) is 0 Å². The number of carbonyl (C=O) groups excluding carboxylic acids is 1. The third-order valence-electron chi connectivity index (χ3n) is 5.03. The molecule has 0 unspecified atom stereocenters. The summed E-state index contributed by atoms with van der Waals surface area (Å²) in [5.74, 6) is 1.53. The molecule has 2 fully saturated rings. The summed E-state index contributed by atoms with van der Waals surface area (Å²) in [4.78, 5) is 14.9. The van der Waals surface area contributed by atoms with Crippen molar-refractivity contribution in [1.82, 2.24) is 25.5 Å². The molecule has 7 nitrogen and oxygen atoms in total. The van der Waals surface area contributed by atoms with Gasteiger partial charge in [0.25, 0.3) is 0 Å². The number of tetrazole rings is 1. The van der Waals surface area contributed by atoms with E-state index in [1.807, 2.05) is 23.1 Å². The average molecular weight is 327 g/mol. The zero-order valence-electron chi connectivity index (χ0n) is 13.5. The number of carbonyl (C=O) groups is 1. The van der Waals surface area contributed by atoms with E-state index in [9.17, 15) is 4.79 Å². The van der Waals surface area contributed by atoms with E-state index in [0.29, 0.717) is 12.5 Å². The van der Waals surface area contributed by atoms with Crippen molar-refractivity contribution in [2.45, 2.75) is 18.8 Å². The Morgan fingerprint density at radius 3 is 2.88 bits per heavy atom. The van der Waals surface area contributed by atoms with Crippen molar-refractivity contribution >= 4 is 5.91 Å². The number of aromatic nitrogens is 4. The fourth-order valence-corrected chi connectivity index (χ4v) is 3.72. The first-order valence-electron chi connectivity index (χ1n) is 8.45. The molecule has 0 bridgehead atoms. The monoisotopic (exact) mass is 327 g/mol. The van der Waals surface area contributed by atoms with Crippen LogP contribution >= 0.6 is 0 Å². The van der Waals surface area contributed by atoms with Crippen LogP contribution in [0, 0.1) is 11.8 Å². The average Bonchev–Trinajstić information content (AvgIpc) is 3.11. The van der Waals surface area contributed by atoms with Gasteiger partial charge in [0.15, 0.2) is 5.82 Å². The predicted molar refractivity (Wildman–Crippen MR) is 86.1 cm³/mol. The van der Waals surface area contributed by atoms with E-state index < -0.39 is 0 Å². The number of likely N-dealkylation sites (tertiary alicyclic amines) is 1. The van der Waals surface area contributed by atoms with Crippen molar-refractivity contribution in [2.24, 2.45) is 11.8 Å². The van der Waals surface area contributed by atoms with E-state index in [0.717, 1.165) is 38.4 Å². The molecule has 0 spiro atoms. The minimum Gasteiger partial charge on any atom is -0.381 e. The Hall–Kier alpha value is -2.28. The Balaban J connectivity index is 1.38. The fourth-order valence-electron chi connectivity index (χ4n) is 3.72. The fraction of sp³-hybridized carbons (Fsp3) is 0.529. The van der Waals surface area contributed by atoms with Crippen LogP contribution in [0.3, 0.4) is 0 Å². The lowest BCUT2D eigenvalue weighted by molar-refractivity contribution is -0.147. The molecule has 2 saturated heterocycles. The minimum absolute atomic E-state index is 0.0766. The zero-order chi connectivity index (χ0) is 16.4. The molecule has 3 heterocycles. The standard InChI is InChI=1S/C17H21N5O2/c23-17(22-9-12(10-22)8-16-18-20-21-19-16)15-11-24-7-6-14(15)13-4-2-1-3-5-13/h1-5,12,14-15H,6-11H2,(H,18,19,20,21)/t14-,15-/m1/s1. The number of benzene rings is 1. The molecule has 4 rings (SSSR count). The number of nitrogens with zero attached hydrogens (tertiary/aromatic N) is 4. The molecule has 1 aromatic carbocycles. The van der Waals surface area contributed by atoms with E-state index in [1.165, 1.54) is 5.56 Å². The van der Waals surface area contributed by atoms with Crippen molar-refractivity contribution in [3.05, 3.63) is 41.7 Å². The number of hydrogen-bond acceptors (Lipinski definition) is 5. The van der Waals surface area contributed by atoms with Crippen LogP contribution in [0.5, 0.6) is 0 Å². The van der Waals surface area contributed by atoms with Crippen LogP contribution in [0.25, 0.3) is 0 Å². The summed E-state index contributed by atoms with van der Waals surface area (Å²) in [7, 11) is 0. The molecule has 2 aromatic rings. The highest BCUT2D eigenvalue weighted by Gasteiger charge is 2.40. The first-order valence-corrected chi connectivity index (χ1v) is 8.45. The van der Waals surface area contributed by atoms with E-state index >= 15 is 0 Å². The molecule has 24 heavy (non-hydrogen) atoms. The van der Waals surface area contributed by atoms with Gasteiger partial charge in [-0.15, -0.1) is 10.2 Å². The van der Waals surface area contributed by atoms with Gasteiger partial charge in [-0.1, -0.05) is 35.5 Å².